The number of nitrogens with one attached hydrogen (secondary N) is 1. The molecule has 0 atom stereocenters. The van der Waals surface area contributed by atoms with Crippen LogP contribution in [-0.2, 0) is 6.54 Å². The molecule has 1 aromatic carbocycles. The van der Waals surface area contributed by atoms with E-state index in [1.807, 2.05) is 0 Å². The minimum atomic E-state index is -0.496. The number of nitro benzene ring substituents is 1. The molecule has 17 heavy (non-hydrogen) atoms. The van der Waals surface area contributed by atoms with Crippen LogP contribution >= 0.6 is 0 Å². The quantitative estimate of drug-likeness (QED) is 0.451. The zero-order valence-corrected chi connectivity index (χ0v) is 9.61. The zero-order valence-electron chi connectivity index (χ0n) is 9.61. The standard InChI is InChI=1S/C11H15FN2O3/c1-13-8-9-3-4-11(17-6-2-5-12)10(7-9)14(15)16/h3-4,7,13H,2,5-6,8H2,1H3. The molecular formula is C11H15FN2O3. The first-order chi connectivity index (χ1) is 8.19. The van der Waals surface area contributed by atoms with Crippen molar-refractivity contribution in [1.29, 1.82) is 0 Å². The highest BCUT2D eigenvalue weighted by atomic mass is 19.1. The third-order valence-corrected chi connectivity index (χ3v) is 2.14. The first-order valence-electron chi connectivity index (χ1n) is 5.29. The highest BCUT2D eigenvalue weighted by Gasteiger charge is 2.15. The fourth-order valence-corrected chi connectivity index (χ4v) is 1.38. The van der Waals surface area contributed by atoms with Crippen LogP contribution in [-0.4, -0.2) is 25.3 Å². The molecule has 0 heterocycles. The molecule has 0 aliphatic rings. The van der Waals surface area contributed by atoms with Crippen molar-refractivity contribution in [2.24, 2.45) is 0 Å². The van der Waals surface area contributed by atoms with Gasteiger partial charge in [0.25, 0.3) is 0 Å². The minimum absolute atomic E-state index is 0.0865. The predicted molar refractivity (Wildman–Crippen MR) is 61.9 cm³/mol. The second-order valence-corrected chi connectivity index (χ2v) is 3.48. The van der Waals surface area contributed by atoms with Gasteiger partial charge in [0, 0.05) is 19.0 Å². The van der Waals surface area contributed by atoms with Gasteiger partial charge in [-0.3, -0.25) is 14.5 Å². The molecule has 94 valence electrons. The summed E-state index contributed by atoms with van der Waals surface area (Å²) in [7, 11) is 1.76. The summed E-state index contributed by atoms with van der Waals surface area (Å²) >= 11 is 0. The maximum atomic E-state index is 11.9. The lowest BCUT2D eigenvalue weighted by molar-refractivity contribution is -0.385. The normalized spacial score (nSPS) is 10.2. The molecule has 0 unspecified atom stereocenters. The summed E-state index contributed by atoms with van der Waals surface area (Å²) in [6.45, 7) is 0.194. The number of nitrogens with zero attached hydrogens (tertiary/aromatic N) is 1. The molecular weight excluding hydrogens is 227 g/mol. The molecule has 0 bridgehead atoms. The first kappa shape index (κ1) is 13.4. The van der Waals surface area contributed by atoms with Gasteiger partial charge in [-0.15, -0.1) is 0 Å². The first-order valence-corrected chi connectivity index (χ1v) is 5.29. The molecule has 0 radical (unpaired) electrons. The maximum Gasteiger partial charge on any atom is 0.311 e. The number of hydrogen-bond acceptors (Lipinski definition) is 4. The minimum Gasteiger partial charge on any atom is -0.487 e. The molecule has 0 aromatic heterocycles. The summed E-state index contributed by atoms with van der Waals surface area (Å²) in [6, 6.07) is 4.75. The number of alkyl halides is 1. The molecule has 0 fully saturated rings. The van der Waals surface area contributed by atoms with Gasteiger partial charge in [0.2, 0.25) is 0 Å². The molecule has 5 nitrogen and oxygen atoms in total. The lowest BCUT2D eigenvalue weighted by atomic mass is 10.2. The van der Waals surface area contributed by atoms with Crippen molar-refractivity contribution >= 4 is 5.69 Å². The average molecular weight is 242 g/mol. The summed E-state index contributed by atoms with van der Waals surface area (Å²) in [5.74, 6) is 0.184. The van der Waals surface area contributed by atoms with Crippen molar-refractivity contribution in [2.45, 2.75) is 13.0 Å². The Kier molecular flexibility index (Phi) is 5.35. The fourth-order valence-electron chi connectivity index (χ4n) is 1.38. The summed E-state index contributed by atoms with van der Waals surface area (Å²) in [6.07, 6.45) is 0.232. The van der Waals surface area contributed by atoms with Crippen LogP contribution in [0.4, 0.5) is 10.1 Å². The fraction of sp³-hybridized carbons (Fsp3) is 0.455. The monoisotopic (exact) mass is 242 g/mol. The van der Waals surface area contributed by atoms with Crippen molar-refractivity contribution in [3.05, 3.63) is 33.9 Å². The number of rotatable bonds is 7. The van der Waals surface area contributed by atoms with E-state index < -0.39 is 11.6 Å². The highest BCUT2D eigenvalue weighted by molar-refractivity contribution is 5.48. The Morgan fingerprint density at radius 1 is 1.53 bits per heavy atom. The van der Waals surface area contributed by atoms with Gasteiger partial charge in [-0.1, -0.05) is 6.07 Å². The maximum absolute atomic E-state index is 11.9. The molecule has 0 aliphatic carbocycles. The van der Waals surface area contributed by atoms with E-state index in [4.69, 9.17) is 4.74 Å². The summed E-state index contributed by atoms with van der Waals surface area (Å²) in [5.41, 5.74) is 0.716. The Morgan fingerprint density at radius 3 is 2.88 bits per heavy atom. The van der Waals surface area contributed by atoms with Crippen LogP contribution in [0.25, 0.3) is 0 Å². The van der Waals surface area contributed by atoms with E-state index in [1.165, 1.54) is 6.07 Å². The second-order valence-electron chi connectivity index (χ2n) is 3.48. The van der Waals surface area contributed by atoms with E-state index >= 15 is 0 Å². The molecule has 0 saturated carbocycles. The third kappa shape index (κ3) is 3.99. The number of ether oxygens (including phenoxy) is 1. The van der Waals surface area contributed by atoms with Gasteiger partial charge in [-0.25, -0.2) is 0 Å². The predicted octanol–water partition coefficient (Wildman–Crippen LogP) is 2.05. The van der Waals surface area contributed by atoms with Crippen molar-refractivity contribution in [1.82, 2.24) is 5.32 Å². The van der Waals surface area contributed by atoms with E-state index in [0.29, 0.717) is 6.54 Å². The molecule has 0 amide bonds. The van der Waals surface area contributed by atoms with Crippen LogP contribution in [0.3, 0.4) is 0 Å². The Hall–Kier alpha value is -1.69. The topological polar surface area (TPSA) is 64.4 Å². The Balaban J connectivity index is 2.84. The summed E-state index contributed by atoms with van der Waals surface area (Å²) < 4.78 is 17.1. The van der Waals surface area contributed by atoms with Gasteiger partial charge in [-0.05, 0) is 18.7 Å². The molecule has 0 saturated heterocycles. The van der Waals surface area contributed by atoms with E-state index in [9.17, 15) is 14.5 Å². The van der Waals surface area contributed by atoms with Crippen LogP contribution in [0.5, 0.6) is 5.75 Å². The Labute approximate surface area is 98.7 Å². The van der Waals surface area contributed by atoms with Gasteiger partial charge in [0.05, 0.1) is 18.2 Å². The van der Waals surface area contributed by atoms with Crippen molar-refractivity contribution in [3.63, 3.8) is 0 Å². The number of nitro groups is 1. The van der Waals surface area contributed by atoms with Crippen LogP contribution in [0.1, 0.15) is 12.0 Å². The summed E-state index contributed by atoms with van der Waals surface area (Å²) in [5, 5.41) is 13.8. The van der Waals surface area contributed by atoms with Gasteiger partial charge in [-0.2, -0.15) is 0 Å². The highest BCUT2D eigenvalue weighted by Crippen LogP contribution is 2.28. The Morgan fingerprint density at radius 2 is 2.29 bits per heavy atom. The van der Waals surface area contributed by atoms with E-state index in [2.05, 4.69) is 5.32 Å². The van der Waals surface area contributed by atoms with Crippen molar-refractivity contribution in [3.8, 4) is 5.75 Å². The molecule has 6 heteroatoms. The average Bonchev–Trinajstić information content (AvgIpc) is 2.31. The number of benzene rings is 1. The van der Waals surface area contributed by atoms with Gasteiger partial charge in [0.15, 0.2) is 5.75 Å². The molecule has 1 aromatic rings. The third-order valence-electron chi connectivity index (χ3n) is 2.14. The molecule has 1 N–H and O–H groups in total. The van der Waals surface area contributed by atoms with Crippen molar-refractivity contribution in [2.75, 3.05) is 20.3 Å². The lowest BCUT2D eigenvalue weighted by Crippen LogP contribution is -2.06. The number of halogens is 1. The van der Waals surface area contributed by atoms with E-state index in [1.54, 1.807) is 19.2 Å². The smallest absolute Gasteiger partial charge is 0.311 e. The second kappa shape index (κ2) is 6.80. The zero-order chi connectivity index (χ0) is 12.7. The van der Waals surface area contributed by atoms with Crippen LogP contribution < -0.4 is 10.1 Å². The molecule has 0 spiro atoms. The van der Waals surface area contributed by atoms with E-state index in [-0.39, 0.29) is 24.5 Å². The van der Waals surface area contributed by atoms with Crippen molar-refractivity contribution < 1.29 is 14.1 Å². The lowest BCUT2D eigenvalue weighted by Gasteiger charge is -2.07. The van der Waals surface area contributed by atoms with Crippen LogP contribution in [0.2, 0.25) is 0 Å². The SMILES string of the molecule is CNCc1ccc(OCCCF)c([N+](=O)[O-])c1. The summed E-state index contributed by atoms with van der Waals surface area (Å²) in [4.78, 5) is 10.3. The Bertz CT molecular complexity index is 385. The van der Waals surface area contributed by atoms with Crippen LogP contribution in [0.15, 0.2) is 18.2 Å². The van der Waals surface area contributed by atoms with Gasteiger partial charge < -0.3 is 10.1 Å². The molecule has 0 aliphatic heterocycles. The van der Waals surface area contributed by atoms with E-state index in [0.717, 1.165) is 5.56 Å². The van der Waals surface area contributed by atoms with Crippen LogP contribution in [0, 0.1) is 10.1 Å². The van der Waals surface area contributed by atoms with Gasteiger partial charge in [0.1, 0.15) is 0 Å². The number of hydrogen-bond donors (Lipinski definition) is 1. The molecule has 1 rings (SSSR count). The largest absolute Gasteiger partial charge is 0.487 e. The van der Waals surface area contributed by atoms with Gasteiger partial charge >= 0.3 is 5.69 Å².